The number of amides is 1. The molecule has 0 radical (unpaired) electrons. The van der Waals surface area contributed by atoms with Crippen LogP contribution in [0, 0.1) is 13.8 Å². The van der Waals surface area contributed by atoms with E-state index < -0.39 is 0 Å². The maximum atomic E-state index is 12.9. The van der Waals surface area contributed by atoms with E-state index in [9.17, 15) is 4.79 Å². The molecule has 26 heavy (non-hydrogen) atoms. The fraction of sp³-hybridized carbons (Fsp3) is 0.238. The van der Waals surface area contributed by atoms with Crippen molar-refractivity contribution in [2.45, 2.75) is 20.8 Å². The number of aryl methyl sites for hydroxylation is 2. The van der Waals surface area contributed by atoms with Crippen LogP contribution in [0.2, 0.25) is 0 Å². The number of fused-ring (bicyclic) bond motifs is 1. The molecule has 1 N–H and O–H groups in total. The monoisotopic (exact) mass is 350 g/mol. The highest BCUT2D eigenvalue weighted by molar-refractivity contribution is 6.12. The fourth-order valence-corrected chi connectivity index (χ4v) is 2.88. The van der Waals surface area contributed by atoms with Crippen LogP contribution in [0.25, 0.3) is 10.9 Å². The molecule has 1 amide bonds. The van der Waals surface area contributed by atoms with Crippen molar-refractivity contribution < 1.29 is 14.3 Å². The maximum absolute atomic E-state index is 12.9. The van der Waals surface area contributed by atoms with Crippen molar-refractivity contribution >= 4 is 22.5 Å². The zero-order valence-corrected chi connectivity index (χ0v) is 15.4. The lowest BCUT2D eigenvalue weighted by atomic mass is 10.0. The van der Waals surface area contributed by atoms with Crippen LogP contribution in [-0.2, 0) is 0 Å². The summed E-state index contributed by atoms with van der Waals surface area (Å²) in [6.45, 7) is 6.34. The lowest BCUT2D eigenvalue weighted by molar-refractivity contribution is 0.102. The summed E-state index contributed by atoms with van der Waals surface area (Å²) in [5.74, 6) is 1.04. The Morgan fingerprint density at radius 1 is 1.08 bits per heavy atom. The van der Waals surface area contributed by atoms with Crippen molar-refractivity contribution in [3.05, 3.63) is 59.3 Å². The van der Waals surface area contributed by atoms with E-state index >= 15 is 0 Å². The topological polar surface area (TPSA) is 60.5 Å². The molecule has 134 valence electrons. The Morgan fingerprint density at radius 3 is 2.62 bits per heavy atom. The number of rotatable bonds is 5. The van der Waals surface area contributed by atoms with E-state index in [1.54, 1.807) is 25.3 Å². The molecular formula is C21H22N2O3. The molecular weight excluding hydrogens is 328 g/mol. The Hall–Kier alpha value is -3.08. The minimum absolute atomic E-state index is 0.183. The van der Waals surface area contributed by atoms with E-state index in [2.05, 4.69) is 10.3 Å². The number of carbonyl (C=O) groups is 1. The number of nitrogens with zero attached hydrogens (tertiary/aromatic N) is 1. The summed E-state index contributed by atoms with van der Waals surface area (Å²) >= 11 is 0. The van der Waals surface area contributed by atoms with Crippen molar-refractivity contribution in [2.24, 2.45) is 0 Å². The summed E-state index contributed by atoms with van der Waals surface area (Å²) in [6, 6.07) is 13.1. The van der Waals surface area contributed by atoms with Crippen molar-refractivity contribution in [1.29, 1.82) is 0 Å². The summed E-state index contributed by atoms with van der Waals surface area (Å²) in [5.41, 5.74) is 3.94. The Kier molecular flexibility index (Phi) is 5.07. The van der Waals surface area contributed by atoms with Crippen LogP contribution in [0.3, 0.4) is 0 Å². The number of benzene rings is 2. The summed E-state index contributed by atoms with van der Waals surface area (Å²) in [7, 11) is 1.58. The van der Waals surface area contributed by atoms with Crippen LogP contribution in [0.4, 0.5) is 5.69 Å². The van der Waals surface area contributed by atoms with Crippen molar-refractivity contribution in [3.8, 4) is 11.5 Å². The van der Waals surface area contributed by atoms with Gasteiger partial charge in [0, 0.05) is 22.8 Å². The third-order valence-corrected chi connectivity index (χ3v) is 4.06. The number of hydrogen-bond acceptors (Lipinski definition) is 4. The first kappa shape index (κ1) is 17.7. The molecule has 3 rings (SSSR count). The first-order valence-electron chi connectivity index (χ1n) is 8.52. The molecule has 1 aromatic heterocycles. The predicted molar refractivity (Wildman–Crippen MR) is 103 cm³/mol. The Labute approximate surface area is 153 Å². The zero-order valence-electron chi connectivity index (χ0n) is 15.4. The maximum Gasteiger partial charge on any atom is 0.256 e. The molecule has 0 saturated carbocycles. The van der Waals surface area contributed by atoms with Gasteiger partial charge in [0.2, 0.25) is 0 Å². The molecule has 0 bridgehead atoms. The van der Waals surface area contributed by atoms with Gasteiger partial charge < -0.3 is 14.8 Å². The molecule has 0 atom stereocenters. The number of ether oxygens (including phenoxy) is 2. The smallest absolute Gasteiger partial charge is 0.256 e. The molecule has 0 fully saturated rings. The van der Waals surface area contributed by atoms with Crippen molar-refractivity contribution in [2.75, 3.05) is 19.0 Å². The van der Waals surface area contributed by atoms with E-state index in [0.717, 1.165) is 22.2 Å². The second-order valence-electron chi connectivity index (χ2n) is 6.08. The van der Waals surface area contributed by atoms with Gasteiger partial charge in [0.1, 0.15) is 0 Å². The number of nitrogens with one attached hydrogen (secondary N) is 1. The number of carbonyl (C=O) groups excluding carboxylic acids is 1. The number of pyridine rings is 1. The Bertz CT molecular complexity index is 967. The molecule has 5 nitrogen and oxygen atoms in total. The lowest BCUT2D eigenvalue weighted by Crippen LogP contribution is -2.13. The average molecular weight is 350 g/mol. The van der Waals surface area contributed by atoms with Gasteiger partial charge in [-0.15, -0.1) is 0 Å². The van der Waals surface area contributed by atoms with Crippen LogP contribution in [0.1, 0.15) is 28.5 Å². The molecule has 0 saturated heterocycles. The molecule has 1 heterocycles. The second-order valence-corrected chi connectivity index (χ2v) is 6.08. The summed E-state index contributed by atoms with van der Waals surface area (Å²) in [4.78, 5) is 17.4. The first-order chi connectivity index (χ1) is 12.5. The highest BCUT2D eigenvalue weighted by Crippen LogP contribution is 2.30. The fourth-order valence-electron chi connectivity index (χ4n) is 2.88. The molecule has 5 heteroatoms. The Morgan fingerprint density at radius 2 is 1.88 bits per heavy atom. The highest BCUT2D eigenvalue weighted by Gasteiger charge is 2.14. The normalized spacial score (nSPS) is 10.6. The van der Waals surface area contributed by atoms with E-state index in [4.69, 9.17) is 9.47 Å². The van der Waals surface area contributed by atoms with Crippen LogP contribution in [-0.4, -0.2) is 24.6 Å². The minimum atomic E-state index is -0.183. The van der Waals surface area contributed by atoms with Gasteiger partial charge >= 0.3 is 0 Å². The summed E-state index contributed by atoms with van der Waals surface area (Å²) in [5, 5.41) is 3.78. The largest absolute Gasteiger partial charge is 0.493 e. The highest BCUT2D eigenvalue weighted by atomic mass is 16.5. The van der Waals surface area contributed by atoms with Gasteiger partial charge in [-0.1, -0.05) is 11.6 Å². The molecule has 3 aromatic rings. The Balaban J connectivity index is 1.96. The van der Waals surface area contributed by atoms with Gasteiger partial charge in [0.05, 0.1) is 24.8 Å². The van der Waals surface area contributed by atoms with Gasteiger partial charge in [0.15, 0.2) is 11.5 Å². The van der Waals surface area contributed by atoms with E-state index in [1.165, 1.54) is 0 Å². The van der Waals surface area contributed by atoms with Crippen LogP contribution in [0.5, 0.6) is 11.5 Å². The average Bonchev–Trinajstić information content (AvgIpc) is 2.62. The zero-order chi connectivity index (χ0) is 18.7. The van der Waals surface area contributed by atoms with Gasteiger partial charge in [-0.05, 0) is 51.1 Å². The van der Waals surface area contributed by atoms with Gasteiger partial charge in [0.25, 0.3) is 5.91 Å². The summed E-state index contributed by atoms with van der Waals surface area (Å²) in [6.07, 6.45) is 0. The van der Waals surface area contributed by atoms with Crippen molar-refractivity contribution in [1.82, 2.24) is 4.98 Å². The third-order valence-electron chi connectivity index (χ3n) is 4.06. The number of aromatic nitrogens is 1. The SMILES string of the molecule is CCOc1ccc(NC(=O)c2cc(C)nc3ccc(C)cc23)cc1OC. The van der Waals surface area contributed by atoms with E-state index in [0.29, 0.717) is 29.4 Å². The lowest BCUT2D eigenvalue weighted by Gasteiger charge is -2.13. The molecule has 2 aromatic carbocycles. The second kappa shape index (κ2) is 7.44. The third kappa shape index (κ3) is 3.61. The number of methoxy groups -OCH3 is 1. The number of anilines is 1. The molecule has 0 spiro atoms. The van der Waals surface area contributed by atoms with Gasteiger partial charge in [-0.25, -0.2) is 0 Å². The van der Waals surface area contributed by atoms with Gasteiger partial charge in [-0.2, -0.15) is 0 Å². The van der Waals surface area contributed by atoms with Crippen molar-refractivity contribution in [3.63, 3.8) is 0 Å². The molecule has 0 aliphatic rings. The predicted octanol–water partition coefficient (Wildman–Crippen LogP) is 4.51. The standard InChI is InChI=1S/C21H22N2O3/c1-5-26-19-9-7-15(12-20(19)25-4)23-21(24)17-11-14(3)22-18-8-6-13(2)10-16(17)18/h6-12H,5H2,1-4H3,(H,23,24). The minimum Gasteiger partial charge on any atom is -0.493 e. The van der Waals surface area contributed by atoms with Gasteiger partial charge in [-0.3, -0.25) is 9.78 Å². The quantitative estimate of drug-likeness (QED) is 0.735. The molecule has 0 aliphatic carbocycles. The van der Waals surface area contributed by atoms with Crippen LogP contribution in [0.15, 0.2) is 42.5 Å². The van der Waals surface area contributed by atoms with E-state index in [1.807, 2.05) is 45.0 Å². The summed E-state index contributed by atoms with van der Waals surface area (Å²) < 4.78 is 10.9. The van der Waals surface area contributed by atoms with Crippen LogP contribution < -0.4 is 14.8 Å². The molecule has 0 aliphatic heterocycles. The van der Waals surface area contributed by atoms with E-state index in [-0.39, 0.29) is 5.91 Å². The molecule has 0 unspecified atom stereocenters. The number of hydrogen-bond donors (Lipinski definition) is 1. The van der Waals surface area contributed by atoms with Crippen LogP contribution >= 0.6 is 0 Å². The first-order valence-corrected chi connectivity index (χ1v) is 8.52.